The molecule has 2 aromatic rings. The molecule has 8 heteroatoms. The van der Waals surface area contributed by atoms with Crippen LogP contribution >= 0.6 is 50.9 Å². The summed E-state index contributed by atoms with van der Waals surface area (Å²) in [5.41, 5.74) is 1.66. The minimum Gasteiger partial charge on any atom is -0.454 e. The van der Waals surface area contributed by atoms with Gasteiger partial charge in [-0.1, -0.05) is 39.1 Å². The van der Waals surface area contributed by atoms with Crippen LogP contribution in [-0.2, 0) is 4.79 Å². The van der Waals surface area contributed by atoms with Crippen molar-refractivity contribution in [1.82, 2.24) is 0 Å². The summed E-state index contributed by atoms with van der Waals surface area (Å²) >= 11 is 17.2. The van der Waals surface area contributed by atoms with Crippen LogP contribution in [0.1, 0.15) is 10.9 Å². The SMILES string of the molecule is O=C1CS[C@H](c2cc3c(cc2Br)OCO3)N1c1ccc(Cl)c(Cl)c1. The Hall–Kier alpha value is -1.08. The lowest BCUT2D eigenvalue weighted by molar-refractivity contribution is -0.115. The lowest BCUT2D eigenvalue weighted by Gasteiger charge is -2.25. The summed E-state index contributed by atoms with van der Waals surface area (Å²) in [5.74, 6) is 1.79. The molecule has 4 nitrogen and oxygen atoms in total. The quantitative estimate of drug-likeness (QED) is 0.630. The molecule has 124 valence electrons. The predicted molar refractivity (Wildman–Crippen MR) is 99.4 cm³/mol. The molecule has 0 saturated carbocycles. The van der Waals surface area contributed by atoms with Crippen molar-refractivity contribution in [2.45, 2.75) is 5.37 Å². The number of rotatable bonds is 2. The minimum absolute atomic E-state index is 0.0213. The van der Waals surface area contributed by atoms with Gasteiger partial charge in [-0.05, 0) is 30.3 Å². The maximum absolute atomic E-state index is 12.5. The van der Waals surface area contributed by atoms with Gasteiger partial charge >= 0.3 is 0 Å². The second-order valence-electron chi connectivity index (χ2n) is 5.25. The number of anilines is 1. The molecule has 2 heterocycles. The summed E-state index contributed by atoms with van der Waals surface area (Å²) in [6, 6.07) is 8.98. The highest BCUT2D eigenvalue weighted by molar-refractivity contribution is 9.10. The van der Waals surface area contributed by atoms with Gasteiger partial charge in [0.15, 0.2) is 11.5 Å². The van der Waals surface area contributed by atoms with Crippen LogP contribution in [0.15, 0.2) is 34.8 Å². The number of benzene rings is 2. The Balaban J connectivity index is 1.77. The molecule has 1 fully saturated rings. The van der Waals surface area contributed by atoms with Gasteiger partial charge in [0.25, 0.3) is 0 Å². The summed E-state index contributed by atoms with van der Waals surface area (Å²) in [5, 5.41) is 0.696. The number of thioether (sulfide) groups is 1. The van der Waals surface area contributed by atoms with Crippen LogP contribution in [0, 0.1) is 0 Å². The van der Waals surface area contributed by atoms with Crippen molar-refractivity contribution in [2.24, 2.45) is 0 Å². The van der Waals surface area contributed by atoms with E-state index in [1.165, 1.54) is 0 Å². The zero-order chi connectivity index (χ0) is 16.8. The highest BCUT2D eigenvalue weighted by atomic mass is 79.9. The maximum atomic E-state index is 12.5. The Kier molecular flexibility index (Phi) is 4.33. The van der Waals surface area contributed by atoms with E-state index >= 15 is 0 Å². The largest absolute Gasteiger partial charge is 0.454 e. The van der Waals surface area contributed by atoms with Gasteiger partial charge in [-0.25, -0.2) is 0 Å². The molecule has 2 aliphatic heterocycles. The van der Waals surface area contributed by atoms with Crippen molar-refractivity contribution >= 4 is 62.5 Å². The third-order valence-electron chi connectivity index (χ3n) is 3.81. The van der Waals surface area contributed by atoms with E-state index < -0.39 is 0 Å². The van der Waals surface area contributed by atoms with Crippen LogP contribution in [0.5, 0.6) is 11.5 Å². The average molecular weight is 447 g/mol. The first-order valence-corrected chi connectivity index (χ1v) is 9.62. The minimum atomic E-state index is -0.182. The van der Waals surface area contributed by atoms with Gasteiger partial charge in [-0.2, -0.15) is 0 Å². The van der Waals surface area contributed by atoms with Crippen LogP contribution in [0.3, 0.4) is 0 Å². The van der Waals surface area contributed by atoms with E-state index in [2.05, 4.69) is 15.9 Å². The molecule has 2 aromatic carbocycles. The molecule has 0 radical (unpaired) electrons. The van der Waals surface area contributed by atoms with E-state index in [4.69, 9.17) is 32.7 Å². The molecule has 1 saturated heterocycles. The standard InChI is InChI=1S/C16H10BrCl2NO3S/c17-10-5-14-13(22-7-23-14)4-9(10)16-20(15(21)6-24-16)8-1-2-11(18)12(19)3-8/h1-5,16H,6-7H2/t16-/m1/s1. The van der Waals surface area contributed by atoms with Gasteiger partial charge < -0.3 is 9.47 Å². The second kappa shape index (κ2) is 6.33. The summed E-state index contributed by atoms with van der Waals surface area (Å²) in [4.78, 5) is 14.2. The molecule has 0 bridgehead atoms. The first kappa shape index (κ1) is 16.4. The molecule has 1 amide bonds. The number of carbonyl (C=O) groups excluding carboxylic acids is 1. The van der Waals surface area contributed by atoms with Crippen molar-refractivity contribution in [2.75, 3.05) is 17.4 Å². The molecule has 0 unspecified atom stereocenters. The predicted octanol–water partition coefficient (Wildman–Crippen LogP) is 5.26. The molecule has 0 N–H and O–H groups in total. The molecular weight excluding hydrogens is 437 g/mol. The van der Waals surface area contributed by atoms with Crippen LogP contribution in [0.4, 0.5) is 5.69 Å². The number of carbonyl (C=O) groups is 1. The van der Waals surface area contributed by atoms with E-state index in [0.717, 1.165) is 10.0 Å². The first-order chi connectivity index (χ1) is 11.5. The number of halogens is 3. The smallest absolute Gasteiger partial charge is 0.238 e. The Morgan fingerprint density at radius 2 is 1.88 bits per heavy atom. The summed E-state index contributed by atoms with van der Waals surface area (Å²) in [6.45, 7) is 0.207. The van der Waals surface area contributed by atoms with Crippen molar-refractivity contribution in [1.29, 1.82) is 0 Å². The Labute approximate surface area is 161 Å². The molecular formula is C16H10BrCl2NO3S. The number of hydrogen-bond donors (Lipinski definition) is 0. The normalized spacial score (nSPS) is 19.2. The van der Waals surface area contributed by atoms with Gasteiger partial charge in [0, 0.05) is 15.7 Å². The number of ether oxygens (including phenoxy) is 2. The van der Waals surface area contributed by atoms with Gasteiger partial charge in [0.1, 0.15) is 5.37 Å². The maximum Gasteiger partial charge on any atom is 0.238 e. The highest BCUT2D eigenvalue weighted by Crippen LogP contribution is 2.48. The fourth-order valence-corrected chi connectivity index (χ4v) is 4.88. The van der Waals surface area contributed by atoms with Gasteiger partial charge in [0.05, 0.1) is 15.8 Å². The van der Waals surface area contributed by atoms with Crippen molar-refractivity contribution < 1.29 is 14.3 Å². The zero-order valence-corrected chi connectivity index (χ0v) is 16.0. The van der Waals surface area contributed by atoms with E-state index in [1.807, 2.05) is 12.1 Å². The van der Waals surface area contributed by atoms with E-state index in [0.29, 0.717) is 33.0 Å². The van der Waals surface area contributed by atoms with Gasteiger partial charge in [-0.15, -0.1) is 11.8 Å². The zero-order valence-electron chi connectivity index (χ0n) is 12.1. The fraction of sp³-hybridized carbons (Fsp3) is 0.188. The number of amides is 1. The first-order valence-electron chi connectivity index (χ1n) is 7.02. The van der Waals surface area contributed by atoms with Crippen molar-refractivity contribution in [3.8, 4) is 11.5 Å². The summed E-state index contributed by atoms with van der Waals surface area (Å²) < 4.78 is 11.7. The van der Waals surface area contributed by atoms with Crippen molar-refractivity contribution in [3.63, 3.8) is 0 Å². The molecule has 0 aromatic heterocycles. The molecule has 4 rings (SSSR count). The fourth-order valence-electron chi connectivity index (χ4n) is 2.69. The van der Waals surface area contributed by atoms with Crippen LogP contribution in [-0.4, -0.2) is 18.5 Å². The van der Waals surface area contributed by atoms with Crippen molar-refractivity contribution in [3.05, 3.63) is 50.4 Å². The topological polar surface area (TPSA) is 38.8 Å². The molecule has 24 heavy (non-hydrogen) atoms. The van der Waals surface area contributed by atoms with Gasteiger partial charge in [0.2, 0.25) is 12.7 Å². The molecule has 0 aliphatic carbocycles. The molecule has 0 spiro atoms. The van der Waals surface area contributed by atoms with Crippen LogP contribution in [0.2, 0.25) is 10.0 Å². The third-order valence-corrected chi connectivity index (χ3v) is 6.43. The van der Waals surface area contributed by atoms with Crippen LogP contribution in [0.25, 0.3) is 0 Å². The lowest BCUT2D eigenvalue weighted by atomic mass is 10.1. The Morgan fingerprint density at radius 3 is 2.62 bits per heavy atom. The highest BCUT2D eigenvalue weighted by Gasteiger charge is 2.36. The Bertz CT molecular complexity index is 848. The monoisotopic (exact) mass is 445 g/mol. The molecule has 2 aliphatic rings. The number of fused-ring (bicyclic) bond motifs is 1. The summed E-state index contributed by atoms with van der Waals surface area (Å²) in [7, 11) is 0. The summed E-state index contributed by atoms with van der Waals surface area (Å²) in [6.07, 6.45) is 0. The average Bonchev–Trinajstić information content (AvgIpc) is 3.15. The molecule has 1 atom stereocenters. The number of hydrogen-bond acceptors (Lipinski definition) is 4. The van der Waals surface area contributed by atoms with Crippen LogP contribution < -0.4 is 14.4 Å². The van der Waals surface area contributed by atoms with E-state index in [9.17, 15) is 4.79 Å². The third kappa shape index (κ3) is 2.75. The number of nitrogens with zero attached hydrogens (tertiary/aromatic N) is 1. The van der Waals surface area contributed by atoms with E-state index in [-0.39, 0.29) is 18.1 Å². The second-order valence-corrected chi connectivity index (χ2v) is 7.99. The van der Waals surface area contributed by atoms with E-state index in [1.54, 1.807) is 34.9 Å². The Morgan fingerprint density at radius 1 is 1.12 bits per heavy atom. The lowest BCUT2D eigenvalue weighted by Crippen LogP contribution is -2.28. The van der Waals surface area contributed by atoms with Gasteiger partial charge in [-0.3, -0.25) is 9.69 Å².